The Morgan fingerprint density at radius 1 is 1.01 bits per heavy atom. The van der Waals surface area contributed by atoms with Crippen LogP contribution < -0.4 is 10.7 Å². The summed E-state index contributed by atoms with van der Waals surface area (Å²) >= 11 is 0. The second-order valence-corrected chi connectivity index (χ2v) is 22.3. The third kappa shape index (κ3) is 10.8. The van der Waals surface area contributed by atoms with Crippen molar-refractivity contribution in [2.45, 2.75) is 116 Å². The molecule has 4 aliphatic rings. The van der Waals surface area contributed by atoms with E-state index in [1.807, 2.05) is 63.3 Å². The van der Waals surface area contributed by atoms with Crippen molar-refractivity contribution >= 4 is 40.5 Å². The lowest BCUT2D eigenvalue weighted by molar-refractivity contribution is -0.156. The van der Waals surface area contributed by atoms with Crippen LogP contribution in [0.15, 0.2) is 60.8 Å². The lowest BCUT2D eigenvalue weighted by Gasteiger charge is -2.49. The fraction of sp³-hybridized carbons (Fsp3) is 0.544. The number of nitrogens with zero attached hydrogens (tertiary/aromatic N) is 7. The number of hydrogen-bond acceptors (Lipinski definition) is 12. The average molecular weight is 1010 g/mol. The van der Waals surface area contributed by atoms with Gasteiger partial charge in [0.15, 0.2) is 5.60 Å². The number of likely N-dealkylation sites (tertiary alicyclic amines) is 2. The van der Waals surface area contributed by atoms with Gasteiger partial charge in [-0.1, -0.05) is 63.9 Å². The summed E-state index contributed by atoms with van der Waals surface area (Å²) in [6.07, 6.45) is 3.09. The van der Waals surface area contributed by atoms with Crippen LogP contribution >= 0.6 is 0 Å². The molecule has 2 aromatic heterocycles. The standard InChI is InChI=1S/C57H75N9O8/c1-12-65-46-21-20-40-30-42(46)43(50(65)41-18-14-25-58-48(41)37(4)73-11)31-55(5,6)35-74-53(70)44-19-15-26-66(60-44)52(69)45(29-38-16-13-17-39(40)28-38)59-51(68)49(36(2)3)63(10)54(71)57(72)24-27-64(34-57)47(67)22-23-56(61(7)8)32-62(9)33-56/h13-14,16-18,20-21,25,28,30,36-37,44-45,49,60,72H,12,15,19,24,26-27,29,31-35H2,1-11H3,(H,59,68)/t37-,44-,45-,49-,57+/m0/s1. The van der Waals surface area contributed by atoms with Gasteiger partial charge in [-0.25, -0.2) is 5.43 Å². The number of likely N-dealkylation sites (N-methyl/N-ethyl adjacent to an activating group) is 3. The van der Waals surface area contributed by atoms with E-state index in [0.717, 1.165) is 50.1 Å². The van der Waals surface area contributed by atoms with Gasteiger partial charge in [-0.2, -0.15) is 0 Å². The van der Waals surface area contributed by atoms with E-state index in [2.05, 4.69) is 77.1 Å². The van der Waals surface area contributed by atoms with Crippen molar-refractivity contribution in [1.29, 1.82) is 0 Å². The number of carbonyl (C=O) groups excluding carboxylic acids is 5. The quantitative estimate of drug-likeness (QED) is 0.150. The Labute approximate surface area is 435 Å². The molecule has 0 spiro atoms. The van der Waals surface area contributed by atoms with Gasteiger partial charge in [0.05, 0.1) is 30.6 Å². The number of cyclic esters (lactones) is 1. The van der Waals surface area contributed by atoms with Gasteiger partial charge in [0.2, 0.25) is 5.91 Å². The molecule has 8 rings (SSSR count). The van der Waals surface area contributed by atoms with Gasteiger partial charge >= 0.3 is 5.97 Å². The average Bonchev–Trinajstić information content (AvgIpc) is 3.92. The molecule has 3 saturated heterocycles. The zero-order valence-electron chi connectivity index (χ0n) is 45.1. The number of hydrazine groups is 1. The van der Waals surface area contributed by atoms with E-state index in [1.165, 1.54) is 21.9 Å². The minimum Gasteiger partial charge on any atom is -0.464 e. The summed E-state index contributed by atoms with van der Waals surface area (Å²) in [4.78, 5) is 82.9. The third-order valence-electron chi connectivity index (χ3n) is 15.5. The highest BCUT2D eigenvalue weighted by molar-refractivity contribution is 5.98. The van der Waals surface area contributed by atoms with Crippen molar-refractivity contribution in [2.75, 3.05) is 74.6 Å². The van der Waals surface area contributed by atoms with Crippen molar-refractivity contribution in [3.05, 3.63) is 77.6 Å². The third-order valence-corrected chi connectivity index (χ3v) is 15.5. The molecule has 17 nitrogen and oxygen atoms in total. The topological polar surface area (TPSA) is 182 Å². The van der Waals surface area contributed by atoms with Crippen LogP contribution in [0.4, 0.5) is 0 Å². The molecule has 3 N–H and O–H groups in total. The van der Waals surface area contributed by atoms with E-state index in [9.17, 15) is 29.1 Å². The van der Waals surface area contributed by atoms with E-state index in [1.54, 1.807) is 27.2 Å². The van der Waals surface area contributed by atoms with Gasteiger partial charge in [0.25, 0.3) is 17.7 Å². The number of pyridine rings is 1. The predicted octanol–water partition coefficient (Wildman–Crippen LogP) is 4.44. The molecule has 6 heterocycles. The first-order chi connectivity index (χ1) is 35.1. The van der Waals surface area contributed by atoms with Crippen LogP contribution in [-0.4, -0.2) is 173 Å². The molecule has 4 amide bonds. The number of amides is 4. The number of β-amino-alcohol motifs (C(OH)–C–C–N with tert-alkyl or cyclic N) is 1. The van der Waals surface area contributed by atoms with Crippen molar-refractivity contribution in [3.63, 3.8) is 0 Å². The Hall–Kier alpha value is -6.16. The number of aryl methyl sites for hydroxylation is 1. The molecule has 0 saturated carbocycles. The maximum Gasteiger partial charge on any atom is 0.324 e. The molecule has 5 atom stereocenters. The Bertz CT molecular complexity index is 2860. The molecule has 74 heavy (non-hydrogen) atoms. The number of hydrogen-bond donors (Lipinski definition) is 3. The number of rotatable bonds is 10. The Morgan fingerprint density at radius 3 is 2.45 bits per heavy atom. The smallest absolute Gasteiger partial charge is 0.324 e. The number of ether oxygens (including phenoxy) is 2. The fourth-order valence-corrected chi connectivity index (χ4v) is 11.3. The summed E-state index contributed by atoms with van der Waals surface area (Å²) in [5.74, 6) is 2.74. The zero-order valence-corrected chi connectivity index (χ0v) is 45.1. The Kier molecular flexibility index (Phi) is 15.8. The lowest BCUT2D eigenvalue weighted by atomic mass is 9.84. The molecule has 6 bridgehead atoms. The summed E-state index contributed by atoms with van der Waals surface area (Å²) in [7, 11) is 8.99. The summed E-state index contributed by atoms with van der Waals surface area (Å²) in [6, 6.07) is 15.4. The summed E-state index contributed by atoms with van der Waals surface area (Å²) in [6.45, 7) is 14.2. The minimum absolute atomic E-state index is 0.0320. The number of esters is 1. The predicted molar refractivity (Wildman–Crippen MR) is 283 cm³/mol. The van der Waals surface area contributed by atoms with Gasteiger partial charge in [0, 0.05) is 87.8 Å². The number of aliphatic hydroxyl groups is 1. The van der Waals surface area contributed by atoms with Crippen LogP contribution in [0.3, 0.4) is 0 Å². The number of benzene rings is 2. The number of carbonyl (C=O) groups is 5. The van der Waals surface area contributed by atoms with Gasteiger partial charge in [-0.3, -0.25) is 38.9 Å². The van der Waals surface area contributed by atoms with Crippen LogP contribution in [0.1, 0.15) is 83.7 Å². The number of aromatic nitrogens is 2. The molecular formula is C57H75N9O8. The molecule has 4 aliphatic heterocycles. The number of fused-ring (bicyclic) bond motifs is 6. The monoisotopic (exact) mass is 1010 g/mol. The highest BCUT2D eigenvalue weighted by Crippen LogP contribution is 2.42. The van der Waals surface area contributed by atoms with E-state index >= 15 is 0 Å². The molecule has 2 aromatic carbocycles. The Morgan fingerprint density at radius 2 is 1.76 bits per heavy atom. The first kappa shape index (κ1) is 54.1. The van der Waals surface area contributed by atoms with Crippen LogP contribution in [0.25, 0.3) is 33.3 Å². The molecule has 0 aliphatic carbocycles. The number of nitrogens with one attached hydrogen (secondary N) is 2. The zero-order chi connectivity index (χ0) is 53.4. The first-order valence-corrected chi connectivity index (χ1v) is 26.0. The SMILES string of the molecule is CCn1c(-c2cccnc2[C@H](C)OC)c2c3cc(ccc31)-c1cccc(c1)C[C@H](NC(=O)[C@H](C(C)C)N(C)C(=O)[C@@]1(O)CCN(C(=O)C#CC3(N(C)C)CN(C)C3)C1)C(=O)N1CCC[C@H](N1)C(=O)OCC(C)(C)C2. The lowest BCUT2D eigenvalue weighted by Crippen LogP contribution is -2.66. The van der Waals surface area contributed by atoms with E-state index in [-0.39, 0.29) is 45.2 Å². The van der Waals surface area contributed by atoms with Crippen molar-refractivity contribution < 1.29 is 38.6 Å². The van der Waals surface area contributed by atoms with Crippen LogP contribution in [-0.2, 0) is 52.8 Å². The number of methoxy groups -OCH3 is 1. The molecular weight excluding hydrogens is 939 g/mol. The highest BCUT2D eigenvalue weighted by atomic mass is 16.5. The summed E-state index contributed by atoms with van der Waals surface area (Å²) < 4.78 is 14.3. The normalized spacial score (nSPS) is 22.8. The van der Waals surface area contributed by atoms with Gasteiger partial charge in [-0.05, 0) is 113 Å². The maximum absolute atomic E-state index is 14.9. The van der Waals surface area contributed by atoms with E-state index in [0.29, 0.717) is 38.9 Å². The van der Waals surface area contributed by atoms with E-state index in [4.69, 9.17) is 14.5 Å². The Balaban J connectivity index is 1.11. The summed E-state index contributed by atoms with van der Waals surface area (Å²) in [5.41, 5.74) is 7.83. The van der Waals surface area contributed by atoms with E-state index < -0.39 is 70.2 Å². The van der Waals surface area contributed by atoms with Crippen LogP contribution in [0.5, 0.6) is 0 Å². The molecule has 3 fully saturated rings. The second kappa shape index (κ2) is 21.6. The largest absolute Gasteiger partial charge is 0.464 e. The molecule has 396 valence electrons. The van der Waals surface area contributed by atoms with Crippen LogP contribution in [0, 0.1) is 23.2 Å². The first-order valence-electron chi connectivity index (χ1n) is 26.0. The fourth-order valence-electron chi connectivity index (χ4n) is 11.3. The van der Waals surface area contributed by atoms with Gasteiger partial charge < -0.3 is 39.2 Å². The van der Waals surface area contributed by atoms with Crippen molar-refractivity contribution in [2.24, 2.45) is 11.3 Å². The molecule has 0 radical (unpaired) electrons. The molecule has 4 aromatic rings. The van der Waals surface area contributed by atoms with Crippen molar-refractivity contribution in [3.8, 4) is 34.2 Å². The minimum atomic E-state index is -1.96. The van der Waals surface area contributed by atoms with Crippen molar-refractivity contribution in [1.82, 2.24) is 44.9 Å². The van der Waals surface area contributed by atoms with Gasteiger partial charge in [0.1, 0.15) is 23.7 Å². The summed E-state index contributed by atoms with van der Waals surface area (Å²) in [5, 5.41) is 17.3. The molecule has 17 heteroatoms. The maximum atomic E-state index is 14.9. The molecule has 0 unspecified atom stereocenters. The second-order valence-electron chi connectivity index (χ2n) is 22.3. The highest BCUT2D eigenvalue weighted by Gasteiger charge is 2.49. The van der Waals surface area contributed by atoms with Gasteiger partial charge in [-0.15, -0.1) is 0 Å². The van der Waals surface area contributed by atoms with Crippen LogP contribution in [0.2, 0.25) is 0 Å².